The molecule has 0 spiro atoms. The minimum absolute atomic E-state index is 0.0784. The minimum atomic E-state index is -0.115. The van der Waals surface area contributed by atoms with Gasteiger partial charge in [0, 0.05) is 18.4 Å². The first-order chi connectivity index (χ1) is 8.65. The molecule has 18 heavy (non-hydrogen) atoms. The van der Waals surface area contributed by atoms with Crippen molar-refractivity contribution in [1.82, 2.24) is 4.90 Å². The summed E-state index contributed by atoms with van der Waals surface area (Å²) in [6.45, 7) is 3.16. The van der Waals surface area contributed by atoms with Gasteiger partial charge in [-0.2, -0.15) is 0 Å². The molecule has 0 aromatic rings. The lowest BCUT2D eigenvalue weighted by Gasteiger charge is -2.42. The van der Waals surface area contributed by atoms with E-state index >= 15 is 0 Å². The Morgan fingerprint density at radius 1 is 1.28 bits per heavy atom. The Balaban J connectivity index is 1.92. The number of halogens is 1. The van der Waals surface area contributed by atoms with E-state index in [2.05, 4.69) is 20.8 Å². The third-order valence-electron chi connectivity index (χ3n) is 4.66. The molecular weight excluding hydrogens is 292 g/mol. The summed E-state index contributed by atoms with van der Waals surface area (Å²) in [5.74, 6) is -0.0362. The Morgan fingerprint density at radius 2 is 2.00 bits per heavy atom. The van der Waals surface area contributed by atoms with E-state index in [0.29, 0.717) is 5.41 Å². The van der Waals surface area contributed by atoms with Crippen molar-refractivity contribution < 1.29 is 4.79 Å². The molecule has 2 rings (SSSR count). The fourth-order valence-electron chi connectivity index (χ4n) is 3.54. The van der Waals surface area contributed by atoms with Crippen molar-refractivity contribution in [2.45, 2.75) is 44.9 Å². The van der Waals surface area contributed by atoms with Crippen molar-refractivity contribution in [2.75, 3.05) is 25.0 Å². The van der Waals surface area contributed by atoms with Crippen LogP contribution in [0, 0.1) is 11.3 Å². The second-order valence-corrected chi connectivity index (χ2v) is 6.73. The summed E-state index contributed by atoms with van der Waals surface area (Å²) >= 11 is 3.72. The lowest BCUT2D eigenvalue weighted by Crippen LogP contribution is -2.47. The molecule has 0 aromatic heterocycles. The maximum atomic E-state index is 11.3. The summed E-state index contributed by atoms with van der Waals surface area (Å²) in [6.07, 6.45) is 8.86. The molecule has 1 unspecified atom stereocenters. The number of nitrogens with zero attached hydrogens (tertiary/aromatic N) is 1. The average molecular weight is 317 g/mol. The highest BCUT2D eigenvalue weighted by molar-refractivity contribution is 9.09. The Bertz CT molecular complexity index is 290. The number of primary amides is 1. The van der Waals surface area contributed by atoms with Crippen LogP contribution in [0.25, 0.3) is 0 Å². The lowest BCUT2D eigenvalue weighted by atomic mass is 9.75. The van der Waals surface area contributed by atoms with E-state index in [1.54, 1.807) is 0 Å². The molecule has 1 heterocycles. The molecule has 2 N–H and O–H groups in total. The number of alkyl halides is 1. The van der Waals surface area contributed by atoms with Crippen molar-refractivity contribution in [2.24, 2.45) is 17.1 Å². The molecule has 2 fully saturated rings. The van der Waals surface area contributed by atoms with E-state index in [-0.39, 0.29) is 11.8 Å². The van der Waals surface area contributed by atoms with Crippen molar-refractivity contribution >= 4 is 21.8 Å². The molecule has 1 atom stereocenters. The molecule has 104 valence electrons. The minimum Gasteiger partial charge on any atom is -0.369 e. The molecule has 1 amide bonds. The monoisotopic (exact) mass is 316 g/mol. The number of hydrogen-bond donors (Lipinski definition) is 1. The molecule has 1 aliphatic carbocycles. The van der Waals surface area contributed by atoms with Crippen LogP contribution < -0.4 is 5.73 Å². The molecule has 4 heteroatoms. The summed E-state index contributed by atoms with van der Waals surface area (Å²) in [5, 5.41) is 1.09. The standard InChI is InChI=1S/C14H25BrN2O/c15-10-14(6-2-1-3-7-14)11-17-8-4-5-12(9-17)13(16)18/h12H,1-11H2,(H2,16,18). The Morgan fingerprint density at radius 3 is 2.61 bits per heavy atom. The van der Waals surface area contributed by atoms with Crippen molar-refractivity contribution in [3.8, 4) is 0 Å². The summed E-state index contributed by atoms with van der Waals surface area (Å²) in [6, 6.07) is 0. The van der Waals surface area contributed by atoms with Crippen LogP contribution in [-0.4, -0.2) is 35.8 Å². The largest absolute Gasteiger partial charge is 0.369 e. The van der Waals surface area contributed by atoms with Crippen LogP contribution in [0.5, 0.6) is 0 Å². The number of hydrogen-bond acceptors (Lipinski definition) is 2. The SMILES string of the molecule is NC(=O)C1CCCN(CC2(CBr)CCCCC2)C1. The molecular formula is C14H25BrN2O. The van der Waals surface area contributed by atoms with Gasteiger partial charge in [0.25, 0.3) is 0 Å². The number of carbonyl (C=O) groups is 1. The van der Waals surface area contributed by atoms with E-state index in [9.17, 15) is 4.79 Å². The van der Waals surface area contributed by atoms with E-state index < -0.39 is 0 Å². The highest BCUT2D eigenvalue weighted by Crippen LogP contribution is 2.39. The Kier molecular flexibility index (Phi) is 5.07. The molecule has 1 aliphatic heterocycles. The Hall–Kier alpha value is -0.0900. The quantitative estimate of drug-likeness (QED) is 0.810. The first kappa shape index (κ1) is 14.3. The van der Waals surface area contributed by atoms with Crippen LogP contribution in [0.3, 0.4) is 0 Å². The molecule has 1 saturated carbocycles. The number of rotatable bonds is 4. The van der Waals surface area contributed by atoms with Crippen LogP contribution >= 0.6 is 15.9 Å². The van der Waals surface area contributed by atoms with Gasteiger partial charge in [-0.3, -0.25) is 4.79 Å². The van der Waals surface area contributed by atoms with E-state index in [1.807, 2.05) is 0 Å². The second-order valence-electron chi connectivity index (χ2n) is 6.17. The third kappa shape index (κ3) is 3.47. The van der Waals surface area contributed by atoms with Crippen LogP contribution in [0.1, 0.15) is 44.9 Å². The van der Waals surface area contributed by atoms with Gasteiger partial charge in [0.15, 0.2) is 0 Å². The fourth-order valence-corrected chi connectivity index (χ4v) is 4.28. The maximum Gasteiger partial charge on any atom is 0.221 e. The predicted molar refractivity (Wildman–Crippen MR) is 77.7 cm³/mol. The first-order valence-electron chi connectivity index (χ1n) is 7.23. The normalized spacial score (nSPS) is 29.1. The first-order valence-corrected chi connectivity index (χ1v) is 8.35. The van der Waals surface area contributed by atoms with Gasteiger partial charge in [-0.05, 0) is 37.6 Å². The van der Waals surface area contributed by atoms with E-state index in [1.165, 1.54) is 32.1 Å². The molecule has 3 nitrogen and oxygen atoms in total. The van der Waals surface area contributed by atoms with Gasteiger partial charge >= 0.3 is 0 Å². The molecule has 0 bridgehead atoms. The van der Waals surface area contributed by atoms with Gasteiger partial charge in [-0.15, -0.1) is 0 Å². The topological polar surface area (TPSA) is 46.3 Å². The van der Waals surface area contributed by atoms with Gasteiger partial charge < -0.3 is 10.6 Å². The molecule has 1 saturated heterocycles. The van der Waals surface area contributed by atoms with Crippen molar-refractivity contribution in [3.63, 3.8) is 0 Å². The van der Waals surface area contributed by atoms with Crippen LogP contribution in [-0.2, 0) is 4.79 Å². The number of amides is 1. The lowest BCUT2D eigenvalue weighted by molar-refractivity contribution is -0.123. The zero-order chi connectivity index (χ0) is 13.0. The number of piperidine rings is 1. The zero-order valence-corrected chi connectivity index (χ0v) is 12.8. The predicted octanol–water partition coefficient (Wildman–Crippen LogP) is 2.53. The molecule has 2 aliphatic rings. The smallest absolute Gasteiger partial charge is 0.221 e. The van der Waals surface area contributed by atoms with Gasteiger partial charge in [0.1, 0.15) is 0 Å². The van der Waals surface area contributed by atoms with Crippen molar-refractivity contribution in [3.05, 3.63) is 0 Å². The van der Waals surface area contributed by atoms with E-state index in [0.717, 1.165) is 37.8 Å². The molecule has 0 radical (unpaired) electrons. The average Bonchev–Trinajstić information content (AvgIpc) is 2.40. The number of nitrogens with two attached hydrogens (primary N) is 1. The molecule has 0 aromatic carbocycles. The summed E-state index contributed by atoms with van der Waals surface area (Å²) < 4.78 is 0. The van der Waals surface area contributed by atoms with Gasteiger partial charge in [0.05, 0.1) is 5.92 Å². The van der Waals surface area contributed by atoms with Crippen LogP contribution in [0.2, 0.25) is 0 Å². The third-order valence-corrected chi connectivity index (χ3v) is 5.85. The maximum absolute atomic E-state index is 11.3. The number of likely N-dealkylation sites (tertiary alicyclic amines) is 1. The summed E-state index contributed by atoms with van der Waals surface area (Å²) in [5.41, 5.74) is 5.90. The zero-order valence-electron chi connectivity index (χ0n) is 11.2. The van der Waals surface area contributed by atoms with Gasteiger partial charge in [0.2, 0.25) is 5.91 Å². The number of carbonyl (C=O) groups excluding carboxylic acids is 1. The van der Waals surface area contributed by atoms with Crippen LogP contribution in [0.15, 0.2) is 0 Å². The van der Waals surface area contributed by atoms with Crippen molar-refractivity contribution in [1.29, 1.82) is 0 Å². The second kappa shape index (κ2) is 6.38. The summed E-state index contributed by atoms with van der Waals surface area (Å²) in [4.78, 5) is 13.8. The highest BCUT2D eigenvalue weighted by atomic mass is 79.9. The van der Waals surface area contributed by atoms with Gasteiger partial charge in [-0.1, -0.05) is 35.2 Å². The fraction of sp³-hybridized carbons (Fsp3) is 0.929. The Labute approximate surface area is 119 Å². The highest BCUT2D eigenvalue weighted by Gasteiger charge is 2.35. The summed E-state index contributed by atoms with van der Waals surface area (Å²) in [7, 11) is 0. The van der Waals surface area contributed by atoms with E-state index in [4.69, 9.17) is 5.73 Å². The van der Waals surface area contributed by atoms with Gasteiger partial charge in [-0.25, -0.2) is 0 Å². The van der Waals surface area contributed by atoms with Crippen LogP contribution in [0.4, 0.5) is 0 Å².